The quantitative estimate of drug-likeness (QED) is 0.387. The zero-order valence-corrected chi connectivity index (χ0v) is 4.34. The number of nitrogens with zero attached hydrogens (tertiary/aromatic N) is 3. The second kappa shape index (κ2) is 4.26. The summed E-state index contributed by atoms with van der Waals surface area (Å²) in [5.41, 5.74) is 0. The van der Waals surface area contributed by atoms with Crippen LogP contribution in [-0.4, -0.2) is 44.5 Å². The maximum absolute atomic E-state index is 3.82. The van der Waals surface area contributed by atoms with Crippen molar-refractivity contribution in [2.24, 2.45) is 0 Å². The van der Waals surface area contributed by atoms with Crippen LogP contribution in [0, 0.1) is 0 Å². The third-order valence-corrected chi connectivity index (χ3v) is 0.711. The van der Waals surface area contributed by atoms with Gasteiger partial charge in [0.2, 0.25) is 0 Å². The van der Waals surface area contributed by atoms with E-state index in [0.29, 0.717) is 5.16 Å². The van der Waals surface area contributed by atoms with Gasteiger partial charge >= 0.3 is 29.6 Å². The molecule has 0 N–H and O–H groups in total. The molecule has 0 aliphatic carbocycles. The molecule has 0 unspecified atom stereocenters. The second-order valence-corrected chi connectivity index (χ2v) is 1.34. The van der Waals surface area contributed by atoms with Crippen molar-refractivity contribution in [2.45, 2.75) is 5.16 Å². The van der Waals surface area contributed by atoms with Gasteiger partial charge in [0.1, 0.15) is 12.7 Å². The van der Waals surface area contributed by atoms with E-state index in [1.807, 2.05) is 0 Å². The van der Waals surface area contributed by atoms with Crippen LogP contribution in [0.25, 0.3) is 0 Å². The van der Waals surface area contributed by atoms with Crippen LogP contribution in [0.4, 0.5) is 0 Å². The van der Waals surface area contributed by atoms with Crippen LogP contribution >= 0.6 is 12.6 Å². The van der Waals surface area contributed by atoms with Crippen LogP contribution in [0.2, 0.25) is 0 Å². The Labute approximate surface area is 74.7 Å². The van der Waals surface area contributed by atoms with E-state index in [-0.39, 0.29) is 29.6 Å². The van der Waals surface area contributed by atoms with Gasteiger partial charge in [0.15, 0.2) is 5.16 Å². The first-order chi connectivity index (χ1) is 3.39. The molecular weight excluding hydrogens is 133 g/mol. The number of rotatable bonds is 0. The molecule has 5 heteroatoms. The fourth-order valence-corrected chi connectivity index (χ4v) is 0.336. The summed E-state index contributed by atoms with van der Waals surface area (Å²) in [6.45, 7) is 0. The summed E-state index contributed by atoms with van der Waals surface area (Å²) in [7, 11) is 0. The monoisotopic (exact) mass is 137 g/mol. The van der Waals surface area contributed by atoms with Gasteiger partial charge in [-0.3, -0.25) is 0 Å². The van der Waals surface area contributed by atoms with Gasteiger partial charge < -0.3 is 0 Å². The molecule has 0 fully saturated rings. The molecule has 38 valence electrons. The molecule has 3 nitrogen and oxygen atoms in total. The summed E-state index contributed by atoms with van der Waals surface area (Å²) in [4.78, 5) is 10.8. The van der Waals surface area contributed by atoms with Crippen molar-refractivity contribution >= 4 is 42.2 Å². The molecule has 1 rings (SSSR count). The second-order valence-electron chi connectivity index (χ2n) is 0.938. The molecular formula is C3H4N3NaS. The predicted molar refractivity (Wildman–Crippen MR) is 34.2 cm³/mol. The summed E-state index contributed by atoms with van der Waals surface area (Å²) in [6.07, 6.45) is 2.80. The molecule has 0 bridgehead atoms. The van der Waals surface area contributed by atoms with Crippen molar-refractivity contribution in [1.82, 2.24) is 15.0 Å². The standard InChI is InChI=1S/C3H3N3S.Na.H/c7-3-5-1-4-2-6-3;;/h1-2H,(H,4,5,6,7);;. The summed E-state index contributed by atoms with van der Waals surface area (Å²) >= 11 is 3.82. The molecule has 1 aromatic rings. The first-order valence-electron chi connectivity index (χ1n) is 1.70. The Morgan fingerprint density at radius 1 is 1.25 bits per heavy atom. The van der Waals surface area contributed by atoms with E-state index < -0.39 is 0 Å². The SMILES string of the molecule is Sc1ncncn1.[NaH]. The van der Waals surface area contributed by atoms with E-state index in [4.69, 9.17) is 0 Å². The average molecular weight is 137 g/mol. The van der Waals surface area contributed by atoms with Crippen molar-refractivity contribution in [1.29, 1.82) is 0 Å². The van der Waals surface area contributed by atoms with E-state index in [2.05, 4.69) is 27.6 Å². The number of aromatic nitrogens is 3. The van der Waals surface area contributed by atoms with E-state index in [1.165, 1.54) is 12.7 Å². The summed E-state index contributed by atoms with van der Waals surface area (Å²) in [5.74, 6) is 0. The minimum absolute atomic E-state index is 0. The van der Waals surface area contributed by atoms with Gasteiger partial charge in [-0.15, -0.1) is 12.6 Å². The van der Waals surface area contributed by atoms with E-state index >= 15 is 0 Å². The Balaban J connectivity index is 0.000000490. The number of hydrogen-bond donors (Lipinski definition) is 1. The van der Waals surface area contributed by atoms with Crippen molar-refractivity contribution in [3.8, 4) is 0 Å². The first-order valence-corrected chi connectivity index (χ1v) is 2.15. The number of hydrogen-bond acceptors (Lipinski definition) is 4. The molecule has 0 saturated carbocycles. The third-order valence-electron chi connectivity index (χ3n) is 0.480. The van der Waals surface area contributed by atoms with Crippen LogP contribution in [0.5, 0.6) is 0 Å². The van der Waals surface area contributed by atoms with Crippen LogP contribution < -0.4 is 0 Å². The predicted octanol–water partition coefficient (Wildman–Crippen LogP) is -0.488. The van der Waals surface area contributed by atoms with Crippen LogP contribution in [0.1, 0.15) is 0 Å². The van der Waals surface area contributed by atoms with Gasteiger partial charge in [-0.05, 0) is 0 Å². The first kappa shape index (κ1) is 8.36. The van der Waals surface area contributed by atoms with Gasteiger partial charge in [-0.1, -0.05) is 0 Å². The molecule has 1 heterocycles. The molecule has 0 aliphatic rings. The van der Waals surface area contributed by atoms with Crippen molar-refractivity contribution in [3.63, 3.8) is 0 Å². The van der Waals surface area contributed by atoms with Gasteiger partial charge in [-0.25, -0.2) is 15.0 Å². The zero-order valence-electron chi connectivity index (χ0n) is 3.44. The Hall–Kier alpha value is 0.360. The Bertz CT molecular complexity index is 144. The molecule has 0 saturated heterocycles. The maximum atomic E-state index is 3.82. The number of thiol groups is 1. The van der Waals surface area contributed by atoms with Crippen molar-refractivity contribution < 1.29 is 0 Å². The van der Waals surface area contributed by atoms with Gasteiger partial charge in [0.25, 0.3) is 0 Å². The summed E-state index contributed by atoms with van der Waals surface area (Å²) in [5, 5.41) is 0.454. The fourth-order valence-electron chi connectivity index (χ4n) is 0.233. The van der Waals surface area contributed by atoms with E-state index in [9.17, 15) is 0 Å². The molecule has 0 spiro atoms. The van der Waals surface area contributed by atoms with Gasteiger partial charge in [0.05, 0.1) is 0 Å². The third kappa shape index (κ3) is 2.61. The minimum atomic E-state index is 0. The fraction of sp³-hybridized carbons (Fsp3) is 0. The topological polar surface area (TPSA) is 38.7 Å². The molecule has 0 aliphatic heterocycles. The normalized spacial score (nSPS) is 7.62. The van der Waals surface area contributed by atoms with Gasteiger partial charge in [0, 0.05) is 0 Å². The Morgan fingerprint density at radius 3 is 2.00 bits per heavy atom. The van der Waals surface area contributed by atoms with E-state index in [0.717, 1.165) is 0 Å². The molecule has 0 aromatic carbocycles. The van der Waals surface area contributed by atoms with E-state index in [1.54, 1.807) is 0 Å². The average Bonchev–Trinajstić information content (AvgIpc) is 1.69. The Morgan fingerprint density at radius 2 is 1.75 bits per heavy atom. The van der Waals surface area contributed by atoms with Gasteiger partial charge in [-0.2, -0.15) is 0 Å². The van der Waals surface area contributed by atoms with Crippen LogP contribution in [0.3, 0.4) is 0 Å². The summed E-state index contributed by atoms with van der Waals surface area (Å²) < 4.78 is 0. The molecule has 0 atom stereocenters. The van der Waals surface area contributed by atoms with Crippen LogP contribution in [-0.2, 0) is 0 Å². The van der Waals surface area contributed by atoms with Crippen molar-refractivity contribution in [3.05, 3.63) is 12.7 Å². The van der Waals surface area contributed by atoms with Crippen LogP contribution in [0.15, 0.2) is 17.8 Å². The van der Waals surface area contributed by atoms with Crippen molar-refractivity contribution in [2.75, 3.05) is 0 Å². The molecule has 0 amide bonds. The molecule has 8 heavy (non-hydrogen) atoms. The summed E-state index contributed by atoms with van der Waals surface area (Å²) in [6, 6.07) is 0. The molecule has 1 aromatic heterocycles. The Kier molecular flexibility index (Phi) is 4.45. The zero-order chi connectivity index (χ0) is 5.11. The molecule has 0 radical (unpaired) electrons.